The topological polar surface area (TPSA) is 55.9 Å². The maximum Gasteiger partial charge on any atom is 0.302 e. The predicted molar refractivity (Wildman–Crippen MR) is 105 cm³/mol. The van der Waals surface area contributed by atoms with Crippen LogP contribution in [0.4, 0.5) is 0 Å². The van der Waals surface area contributed by atoms with Crippen molar-refractivity contribution < 1.29 is 19.1 Å². The Labute approximate surface area is 169 Å². The van der Waals surface area contributed by atoms with E-state index in [9.17, 15) is 9.59 Å². The molecule has 1 spiro atoms. The Hall–Kier alpha value is -0.900. The van der Waals surface area contributed by atoms with Crippen LogP contribution in [0.3, 0.4) is 0 Å². The summed E-state index contributed by atoms with van der Waals surface area (Å²) in [5.41, 5.74) is 0.293. The lowest BCUT2D eigenvalue weighted by Gasteiger charge is -2.59. The third-order valence-electron chi connectivity index (χ3n) is 10.2. The zero-order valence-electron chi connectivity index (χ0n) is 18.1. The minimum atomic E-state index is -0.167. The highest BCUT2D eigenvalue weighted by molar-refractivity contribution is 5.79. The molecule has 28 heavy (non-hydrogen) atoms. The summed E-state index contributed by atoms with van der Waals surface area (Å²) >= 11 is 0. The van der Waals surface area contributed by atoms with Crippen molar-refractivity contribution >= 4 is 11.8 Å². The first-order valence-electron chi connectivity index (χ1n) is 11.5. The molecule has 1 heterocycles. The molecule has 0 unspecified atom stereocenters. The van der Waals surface area contributed by atoms with E-state index in [1.165, 1.54) is 19.8 Å². The van der Waals surface area contributed by atoms with Gasteiger partial charge < -0.3 is 9.47 Å². The van der Waals surface area contributed by atoms with Crippen LogP contribution in [0.1, 0.15) is 79.6 Å². The summed E-state index contributed by atoms with van der Waals surface area (Å²) in [6.45, 7) is 10.6. The molecule has 10 atom stereocenters. The van der Waals surface area contributed by atoms with E-state index in [0.29, 0.717) is 35.6 Å². The number of esters is 1. The van der Waals surface area contributed by atoms with E-state index in [0.717, 1.165) is 32.1 Å². The fraction of sp³-hybridized carbons (Fsp3) is 0.917. The fourth-order valence-corrected chi connectivity index (χ4v) is 9.15. The molecule has 5 rings (SSSR count). The van der Waals surface area contributed by atoms with Crippen LogP contribution in [0, 0.1) is 40.4 Å². The van der Waals surface area contributed by atoms with Crippen molar-refractivity contribution in [2.45, 2.75) is 97.4 Å². The van der Waals surface area contributed by atoms with Gasteiger partial charge in [-0.15, -0.1) is 0 Å². The third-order valence-corrected chi connectivity index (χ3v) is 10.2. The Morgan fingerprint density at radius 3 is 2.50 bits per heavy atom. The van der Waals surface area contributed by atoms with E-state index in [1.807, 2.05) is 6.92 Å². The quantitative estimate of drug-likeness (QED) is 0.515. The highest BCUT2D eigenvalue weighted by atomic mass is 16.6. The predicted octanol–water partition coefficient (Wildman–Crippen LogP) is 4.54. The molecule has 0 aromatic carbocycles. The molecule has 5 aliphatic rings. The van der Waals surface area contributed by atoms with E-state index >= 15 is 0 Å². The van der Waals surface area contributed by atoms with Gasteiger partial charge in [-0.05, 0) is 74.5 Å². The minimum Gasteiger partial charge on any atom is -0.462 e. The van der Waals surface area contributed by atoms with Crippen LogP contribution in [-0.4, -0.2) is 29.6 Å². The Kier molecular flexibility index (Phi) is 3.98. The largest absolute Gasteiger partial charge is 0.462 e. The number of carbonyl (C=O) groups is 2. The standard InChI is InChI=1S/C24H36O4/c1-13-10-19(14(2)25)22(4)8-7-18-17(21(13)22)11-20-24(28-20)12-16(27-15(3)26)6-9-23(18,24)5/h13,16-21H,6-12H2,1-5H3/t13-,16+,17-,18+,19-,20+,21+,22-,23-,24+/m1/s1. The molecule has 0 N–H and O–H groups in total. The number of hydrogen-bond donors (Lipinski definition) is 0. The Morgan fingerprint density at radius 2 is 1.82 bits per heavy atom. The van der Waals surface area contributed by atoms with Crippen LogP contribution < -0.4 is 0 Å². The molecule has 0 amide bonds. The Bertz CT molecular complexity index is 717. The van der Waals surface area contributed by atoms with Crippen molar-refractivity contribution in [3.05, 3.63) is 0 Å². The average Bonchev–Trinajstić information content (AvgIpc) is 3.21. The zero-order chi connectivity index (χ0) is 20.1. The van der Waals surface area contributed by atoms with Gasteiger partial charge in [-0.2, -0.15) is 0 Å². The minimum absolute atomic E-state index is 0.0217. The number of hydrogen-bond acceptors (Lipinski definition) is 4. The van der Waals surface area contributed by atoms with Gasteiger partial charge in [0.05, 0.1) is 6.10 Å². The smallest absolute Gasteiger partial charge is 0.302 e. The van der Waals surface area contributed by atoms with Crippen molar-refractivity contribution in [3.63, 3.8) is 0 Å². The first kappa shape index (κ1) is 19.1. The van der Waals surface area contributed by atoms with Gasteiger partial charge in [0, 0.05) is 24.7 Å². The molecule has 4 nitrogen and oxygen atoms in total. The lowest BCUT2D eigenvalue weighted by Crippen LogP contribution is -2.59. The number of carbonyl (C=O) groups excluding carboxylic acids is 2. The van der Waals surface area contributed by atoms with Crippen LogP contribution in [0.2, 0.25) is 0 Å². The molecule has 5 fully saturated rings. The van der Waals surface area contributed by atoms with Crippen LogP contribution in [0.15, 0.2) is 0 Å². The van der Waals surface area contributed by atoms with Gasteiger partial charge in [-0.25, -0.2) is 0 Å². The average molecular weight is 389 g/mol. The summed E-state index contributed by atoms with van der Waals surface area (Å²) in [6.07, 6.45) is 7.89. The molecule has 0 aromatic rings. The first-order chi connectivity index (χ1) is 13.1. The summed E-state index contributed by atoms with van der Waals surface area (Å²) in [5.74, 6) is 3.09. The van der Waals surface area contributed by atoms with E-state index in [-0.39, 0.29) is 34.4 Å². The van der Waals surface area contributed by atoms with E-state index in [2.05, 4.69) is 20.8 Å². The molecule has 4 heteroatoms. The molecular weight excluding hydrogens is 352 g/mol. The van der Waals surface area contributed by atoms with Gasteiger partial charge in [0.1, 0.15) is 17.5 Å². The van der Waals surface area contributed by atoms with Crippen molar-refractivity contribution in [2.24, 2.45) is 40.4 Å². The van der Waals surface area contributed by atoms with Crippen LogP contribution in [-0.2, 0) is 19.1 Å². The third kappa shape index (κ3) is 2.27. The fourth-order valence-electron chi connectivity index (χ4n) is 9.15. The van der Waals surface area contributed by atoms with E-state index in [4.69, 9.17) is 9.47 Å². The van der Waals surface area contributed by atoms with Gasteiger partial charge in [0.15, 0.2) is 0 Å². The van der Waals surface area contributed by atoms with E-state index in [1.54, 1.807) is 0 Å². The van der Waals surface area contributed by atoms with Crippen LogP contribution >= 0.6 is 0 Å². The molecule has 4 saturated carbocycles. The molecule has 156 valence electrons. The lowest BCUT2D eigenvalue weighted by atomic mass is 9.44. The number of fused-ring (bicyclic) bond motifs is 4. The molecule has 1 saturated heterocycles. The molecule has 0 bridgehead atoms. The second kappa shape index (κ2) is 5.83. The molecular formula is C24H36O4. The monoisotopic (exact) mass is 388 g/mol. The molecule has 1 aliphatic heterocycles. The molecule has 4 aliphatic carbocycles. The summed E-state index contributed by atoms with van der Waals surface area (Å²) in [5, 5.41) is 0. The van der Waals surface area contributed by atoms with Gasteiger partial charge in [0.2, 0.25) is 0 Å². The summed E-state index contributed by atoms with van der Waals surface area (Å²) in [6, 6.07) is 0. The summed E-state index contributed by atoms with van der Waals surface area (Å²) in [4.78, 5) is 23.9. The van der Waals surface area contributed by atoms with Crippen molar-refractivity contribution in [2.75, 3.05) is 0 Å². The summed E-state index contributed by atoms with van der Waals surface area (Å²) in [7, 11) is 0. The number of Topliss-reactive ketones (excluding diaryl/α,β-unsaturated/α-hetero) is 1. The lowest BCUT2D eigenvalue weighted by molar-refractivity contribution is -0.159. The SMILES string of the molecule is CC(=O)O[C@H]1CC[C@]2(C)[C@H]3CC[C@@]4(C)[C@H]([C@@H]3C[C@@H]3O[C@@]32C1)[C@H](C)C[C@@H]4C(C)=O. The zero-order valence-corrected chi connectivity index (χ0v) is 18.1. The number of rotatable bonds is 2. The van der Waals surface area contributed by atoms with Crippen molar-refractivity contribution in [1.29, 1.82) is 0 Å². The maximum atomic E-state index is 12.4. The van der Waals surface area contributed by atoms with Gasteiger partial charge >= 0.3 is 5.97 Å². The molecule has 0 aromatic heterocycles. The normalized spacial score (nSPS) is 56.7. The van der Waals surface area contributed by atoms with Gasteiger partial charge in [-0.3, -0.25) is 9.59 Å². The van der Waals surface area contributed by atoms with E-state index < -0.39 is 0 Å². The van der Waals surface area contributed by atoms with Crippen LogP contribution in [0.5, 0.6) is 0 Å². The maximum absolute atomic E-state index is 12.4. The second-order valence-electron chi connectivity index (χ2n) is 11.3. The molecule has 0 radical (unpaired) electrons. The first-order valence-corrected chi connectivity index (χ1v) is 11.5. The number of ketones is 1. The Morgan fingerprint density at radius 1 is 1.07 bits per heavy atom. The highest BCUT2D eigenvalue weighted by Crippen LogP contribution is 2.74. The van der Waals surface area contributed by atoms with Gasteiger partial charge in [0.25, 0.3) is 0 Å². The van der Waals surface area contributed by atoms with Crippen LogP contribution in [0.25, 0.3) is 0 Å². The number of ether oxygens (including phenoxy) is 2. The Balaban J connectivity index is 1.45. The summed E-state index contributed by atoms with van der Waals surface area (Å²) < 4.78 is 12.1. The van der Waals surface area contributed by atoms with Gasteiger partial charge in [-0.1, -0.05) is 20.8 Å². The number of epoxide rings is 1. The van der Waals surface area contributed by atoms with Crippen molar-refractivity contribution in [3.8, 4) is 0 Å². The second-order valence-corrected chi connectivity index (χ2v) is 11.3. The highest BCUT2D eigenvalue weighted by Gasteiger charge is 2.76. The van der Waals surface area contributed by atoms with Crippen molar-refractivity contribution in [1.82, 2.24) is 0 Å².